The molecule has 0 bridgehead atoms. The summed E-state index contributed by atoms with van der Waals surface area (Å²) in [6.07, 6.45) is 3.01. The van der Waals surface area contributed by atoms with Crippen LogP contribution in [0.1, 0.15) is 11.3 Å². The summed E-state index contributed by atoms with van der Waals surface area (Å²) in [5, 5.41) is 2.74. The van der Waals surface area contributed by atoms with Crippen LogP contribution in [-0.4, -0.2) is 32.3 Å². The molecule has 0 aliphatic heterocycles. The molecule has 0 N–H and O–H groups in total. The number of esters is 1. The molecular formula is C22H21NO5S. The van der Waals surface area contributed by atoms with E-state index in [1.54, 1.807) is 39.5 Å². The van der Waals surface area contributed by atoms with Gasteiger partial charge in [0.1, 0.15) is 28.9 Å². The number of nitrogens with zero attached hydrogens (tertiary/aromatic N) is 1. The van der Waals surface area contributed by atoms with E-state index in [-0.39, 0.29) is 6.61 Å². The van der Waals surface area contributed by atoms with Crippen molar-refractivity contribution in [1.82, 2.24) is 4.98 Å². The van der Waals surface area contributed by atoms with Crippen LogP contribution in [-0.2, 0) is 16.1 Å². The minimum atomic E-state index is -0.457. The van der Waals surface area contributed by atoms with Gasteiger partial charge in [0, 0.05) is 28.6 Å². The summed E-state index contributed by atoms with van der Waals surface area (Å²) in [6, 6.07) is 13.0. The van der Waals surface area contributed by atoms with Gasteiger partial charge in [-0.15, -0.1) is 11.3 Å². The van der Waals surface area contributed by atoms with Crippen LogP contribution in [0.15, 0.2) is 53.9 Å². The van der Waals surface area contributed by atoms with Crippen LogP contribution in [0.3, 0.4) is 0 Å². The first-order valence-corrected chi connectivity index (χ1v) is 9.66. The number of ether oxygens (including phenoxy) is 4. The predicted octanol–water partition coefficient (Wildman–Crippen LogP) is 4.59. The van der Waals surface area contributed by atoms with E-state index in [2.05, 4.69) is 4.98 Å². The number of carbonyl (C=O) groups excluding carboxylic acids is 1. The zero-order chi connectivity index (χ0) is 20.6. The molecule has 0 aliphatic rings. The minimum absolute atomic E-state index is 0.107. The lowest BCUT2D eigenvalue weighted by molar-refractivity contribution is -0.139. The number of methoxy groups -OCH3 is 3. The molecule has 6 nitrogen and oxygen atoms in total. The Hall–Kier alpha value is -3.32. The largest absolute Gasteiger partial charge is 0.497 e. The highest BCUT2D eigenvalue weighted by atomic mass is 32.1. The van der Waals surface area contributed by atoms with Crippen LogP contribution in [0, 0.1) is 0 Å². The Kier molecular flexibility index (Phi) is 6.86. The lowest BCUT2D eigenvalue weighted by Crippen LogP contribution is -2.01. The summed E-state index contributed by atoms with van der Waals surface area (Å²) in [5.74, 6) is 1.62. The molecule has 150 valence electrons. The van der Waals surface area contributed by atoms with Crippen molar-refractivity contribution in [2.45, 2.75) is 6.61 Å². The van der Waals surface area contributed by atoms with Gasteiger partial charge in [0.05, 0.1) is 27.0 Å². The summed E-state index contributed by atoms with van der Waals surface area (Å²) < 4.78 is 20.9. The van der Waals surface area contributed by atoms with Crippen LogP contribution >= 0.6 is 11.3 Å². The standard InChI is InChI=1S/C22H21NO5S/c1-25-18-8-5-16(6-9-18)22-23-17(14-29-22)13-28-21(24)11-7-15-4-10-19(26-2)12-20(15)27-3/h4-12,14H,13H2,1-3H3/b11-7+. The first-order chi connectivity index (χ1) is 14.1. The number of aromatic nitrogens is 1. The van der Waals surface area contributed by atoms with Gasteiger partial charge in [-0.3, -0.25) is 0 Å². The molecule has 0 unspecified atom stereocenters. The normalized spacial score (nSPS) is 10.7. The van der Waals surface area contributed by atoms with Gasteiger partial charge in [0.2, 0.25) is 0 Å². The second-order valence-corrected chi connectivity index (χ2v) is 6.78. The minimum Gasteiger partial charge on any atom is -0.497 e. The molecule has 3 rings (SSSR count). The van der Waals surface area contributed by atoms with Crippen molar-refractivity contribution < 1.29 is 23.7 Å². The third-order valence-electron chi connectivity index (χ3n) is 4.09. The molecule has 0 aliphatic carbocycles. The fraction of sp³-hybridized carbons (Fsp3) is 0.182. The average molecular weight is 411 g/mol. The van der Waals surface area contributed by atoms with E-state index in [0.717, 1.165) is 21.9 Å². The van der Waals surface area contributed by atoms with Crippen molar-refractivity contribution >= 4 is 23.4 Å². The van der Waals surface area contributed by atoms with Gasteiger partial charge in [0.25, 0.3) is 0 Å². The summed E-state index contributed by atoms with van der Waals surface area (Å²) >= 11 is 1.50. The monoisotopic (exact) mass is 411 g/mol. The summed E-state index contributed by atoms with van der Waals surface area (Å²) in [5.41, 5.74) is 2.44. The first-order valence-electron chi connectivity index (χ1n) is 8.78. The van der Waals surface area contributed by atoms with Gasteiger partial charge in [-0.1, -0.05) is 0 Å². The molecule has 7 heteroatoms. The van der Waals surface area contributed by atoms with E-state index in [1.165, 1.54) is 17.4 Å². The van der Waals surface area contributed by atoms with Gasteiger partial charge in [-0.25, -0.2) is 9.78 Å². The summed E-state index contributed by atoms with van der Waals surface area (Å²) in [4.78, 5) is 16.6. The number of hydrogen-bond donors (Lipinski definition) is 0. The number of hydrogen-bond acceptors (Lipinski definition) is 7. The van der Waals surface area contributed by atoms with Crippen molar-refractivity contribution in [3.63, 3.8) is 0 Å². The van der Waals surface area contributed by atoms with Crippen LogP contribution in [0.25, 0.3) is 16.6 Å². The molecule has 0 saturated carbocycles. The predicted molar refractivity (Wildman–Crippen MR) is 112 cm³/mol. The zero-order valence-electron chi connectivity index (χ0n) is 16.4. The van der Waals surface area contributed by atoms with Crippen LogP contribution in [0.5, 0.6) is 17.2 Å². The van der Waals surface area contributed by atoms with Crippen molar-refractivity contribution in [2.75, 3.05) is 21.3 Å². The molecule has 0 atom stereocenters. The van der Waals surface area contributed by atoms with E-state index in [0.29, 0.717) is 17.2 Å². The van der Waals surface area contributed by atoms with E-state index in [9.17, 15) is 4.79 Å². The van der Waals surface area contributed by atoms with E-state index in [4.69, 9.17) is 18.9 Å². The van der Waals surface area contributed by atoms with Crippen molar-refractivity contribution in [3.8, 4) is 27.8 Å². The molecular weight excluding hydrogens is 390 g/mol. The van der Waals surface area contributed by atoms with Gasteiger partial charge in [0.15, 0.2) is 0 Å². The summed E-state index contributed by atoms with van der Waals surface area (Å²) in [7, 11) is 4.78. The fourth-order valence-electron chi connectivity index (χ4n) is 2.55. The number of thiazole rings is 1. The Morgan fingerprint density at radius 1 is 1.00 bits per heavy atom. The van der Waals surface area contributed by atoms with Crippen LogP contribution < -0.4 is 14.2 Å². The maximum absolute atomic E-state index is 12.0. The zero-order valence-corrected chi connectivity index (χ0v) is 17.2. The maximum Gasteiger partial charge on any atom is 0.331 e. The highest BCUT2D eigenvalue weighted by Crippen LogP contribution is 2.27. The van der Waals surface area contributed by atoms with Crippen molar-refractivity contribution in [3.05, 3.63) is 65.2 Å². The molecule has 29 heavy (non-hydrogen) atoms. The van der Waals surface area contributed by atoms with Crippen molar-refractivity contribution in [2.24, 2.45) is 0 Å². The topological polar surface area (TPSA) is 66.9 Å². The molecule has 1 heterocycles. The molecule has 2 aromatic carbocycles. The Labute approximate surface area is 173 Å². The molecule has 0 fully saturated rings. The molecule has 0 radical (unpaired) electrons. The fourth-order valence-corrected chi connectivity index (χ4v) is 3.36. The third kappa shape index (κ3) is 5.36. The maximum atomic E-state index is 12.0. The van der Waals surface area contributed by atoms with Crippen molar-refractivity contribution in [1.29, 1.82) is 0 Å². The van der Waals surface area contributed by atoms with E-state index >= 15 is 0 Å². The quantitative estimate of drug-likeness (QED) is 0.399. The highest BCUT2D eigenvalue weighted by molar-refractivity contribution is 7.13. The van der Waals surface area contributed by atoms with Gasteiger partial charge < -0.3 is 18.9 Å². The highest BCUT2D eigenvalue weighted by Gasteiger charge is 2.08. The SMILES string of the molecule is COc1ccc(-c2nc(COC(=O)/C=C/c3ccc(OC)cc3OC)cs2)cc1. The second kappa shape index (κ2) is 9.75. The molecule has 0 spiro atoms. The van der Waals surface area contributed by atoms with Gasteiger partial charge in [-0.2, -0.15) is 0 Å². The number of rotatable bonds is 8. The summed E-state index contributed by atoms with van der Waals surface area (Å²) in [6.45, 7) is 0.107. The molecule has 0 saturated heterocycles. The number of benzene rings is 2. The van der Waals surface area contributed by atoms with Crippen LogP contribution in [0.4, 0.5) is 0 Å². The third-order valence-corrected chi connectivity index (χ3v) is 5.03. The Bertz CT molecular complexity index is 995. The first kappa shape index (κ1) is 20.4. The van der Waals surface area contributed by atoms with Gasteiger partial charge in [-0.05, 0) is 42.5 Å². The van der Waals surface area contributed by atoms with E-state index in [1.807, 2.05) is 35.7 Å². The van der Waals surface area contributed by atoms with Crippen LogP contribution in [0.2, 0.25) is 0 Å². The second-order valence-electron chi connectivity index (χ2n) is 5.92. The Balaban J connectivity index is 1.58. The van der Waals surface area contributed by atoms with E-state index < -0.39 is 5.97 Å². The number of carbonyl (C=O) groups is 1. The lowest BCUT2D eigenvalue weighted by Gasteiger charge is -2.07. The average Bonchev–Trinajstić information content (AvgIpc) is 3.25. The Morgan fingerprint density at radius 3 is 2.41 bits per heavy atom. The van der Waals surface area contributed by atoms with Gasteiger partial charge >= 0.3 is 5.97 Å². The smallest absolute Gasteiger partial charge is 0.331 e. The molecule has 0 amide bonds. The lowest BCUT2D eigenvalue weighted by atomic mass is 10.2. The molecule has 1 aromatic heterocycles. The molecule has 3 aromatic rings. The Morgan fingerprint density at radius 2 is 1.72 bits per heavy atom.